The van der Waals surface area contributed by atoms with Gasteiger partial charge in [0, 0.05) is 12.0 Å². The van der Waals surface area contributed by atoms with Gasteiger partial charge in [0.25, 0.3) is 0 Å². The highest BCUT2D eigenvalue weighted by Gasteiger charge is 2.24. The fourth-order valence-corrected chi connectivity index (χ4v) is 2.98. The number of halogens is 2. The van der Waals surface area contributed by atoms with Crippen molar-refractivity contribution in [3.05, 3.63) is 63.1 Å². The van der Waals surface area contributed by atoms with E-state index in [1.54, 1.807) is 6.07 Å². The van der Waals surface area contributed by atoms with Gasteiger partial charge in [-0.05, 0) is 17.2 Å². The fraction of sp³-hybridized carbons (Fsp3) is 0.200. The Morgan fingerprint density at radius 2 is 1.85 bits per heavy atom. The Labute approximate surface area is 127 Å². The highest BCUT2D eigenvalue weighted by molar-refractivity contribution is 6.42. The molecule has 3 N–H and O–H groups in total. The van der Waals surface area contributed by atoms with Gasteiger partial charge >= 0.3 is 0 Å². The van der Waals surface area contributed by atoms with Crippen molar-refractivity contribution in [3.63, 3.8) is 0 Å². The van der Waals surface area contributed by atoms with Gasteiger partial charge in [-0.2, -0.15) is 0 Å². The van der Waals surface area contributed by atoms with Gasteiger partial charge in [0.2, 0.25) is 0 Å². The zero-order valence-corrected chi connectivity index (χ0v) is 12.2. The number of para-hydroxylation sites is 1. The Morgan fingerprint density at radius 1 is 1.10 bits per heavy atom. The lowest BCUT2D eigenvalue weighted by Gasteiger charge is -2.21. The Balaban J connectivity index is 2.11. The van der Waals surface area contributed by atoms with Crippen LogP contribution in [0.15, 0.2) is 36.4 Å². The normalized spacial score (nSPS) is 14.8. The van der Waals surface area contributed by atoms with E-state index in [4.69, 9.17) is 33.8 Å². The molecule has 0 saturated carbocycles. The number of benzene rings is 2. The van der Waals surface area contributed by atoms with Gasteiger partial charge in [0.05, 0.1) is 22.7 Å². The summed E-state index contributed by atoms with van der Waals surface area (Å²) in [5, 5.41) is 1.02. The predicted octanol–water partition coefficient (Wildman–Crippen LogP) is 3.48. The quantitative estimate of drug-likeness (QED) is 0.674. The van der Waals surface area contributed by atoms with Crippen LogP contribution < -0.4 is 16.0 Å². The van der Waals surface area contributed by atoms with Crippen LogP contribution in [0.2, 0.25) is 10.0 Å². The van der Waals surface area contributed by atoms with Gasteiger partial charge in [-0.1, -0.05) is 53.5 Å². The number of hydrogen-bond donors (Lipinski definition) is 2. The molecule has 2 aromatic rings. The minimum Gasteiger partial charge on any atom is -0.493 e. The maximum atomic E-state index is 6.30. The van der Waals surface area contributed by atoms with Crippen molar-refractivity contribution in [1.29, 1.82) is 0 Å². The summed E-state index contributed by atoms with van der Waals surface area (Å²) in [7, 11) is 0. The van der Waals surface area contributed by atoms with E-state index in [1.165, 1.54) is 5.56 Å². The predicted molar refractivity (Wildman–Crippen MR) is 81.3 cm³/mol. The molecule has 1 aliphatic rings. The van der Waals surface area contributed by atoms with Crippen molar-refractivity contribution in [2.24, 2.45) is 5.84 Å². The maximum Gasteiger partial charge on any atom is 0.127 e. The monoisotopic (exact) mass is 308 g/mol. The zero-order chi connectivity index (χ0) is 14.1. The number of nitrogens with two attached hydrogens (primary N) is 1. The SMILES string of the molecule is NNC(c1cccc(Cl)c1Cl)c1cccc2c1OCC2. The third kappa shape index (κ3) is 2.27. The molecule has 0 bridgehead atoms. The average Bonchev–Trinajstić information content (AvgIpc) is 2.93. The molecular formula is C15H14Cl2N2O. The van der Waals surface area contributed by atoms with Gasteiger partial charge in [-0.25, -0.2) is 5.43 Å². The summed E-state index contributed by atoms with van der Waals surface area (Å²) < 4.78 is 5.73. The Hall–Kier alpha value is -1.26. The molecule has 1 aliphatic heterocycles. The maximum absolute atomic E-state index is 6.30. The van der Waals surface area contributed by atoms with Crippen molar-refractivity contribution in [2.45, 2.75) is 12.5 Å². The van der Waals surface area contributed by atoms with Crippen molar-refractivity contribution in [1.82, 2.24) is 5.43 Å². The first kappa shape index (κ1) is 13.7. The van der Waals surface area contributed by atoms with Gasteiger partial charge in [-0.3, -0.25) is 5.84 Å². The molecule has 2 aromatic carbocycles. The lowest BCUT2D eigenvalue weighted by atomic mass is 9.96. The number of hydrazine groups is 1. The van der Waals surface area contributed by atoms with Crippen LogP contribution in [-0.4, -0.2) is 6.61 Å². The van der Waals surface area contributed by atoms with E-state index in [9.17, 15) is 0 Å². The molecule has 20 heavy (non-hydrogen) atoms. The molecule has 1 heterocycles. The first-order chi connectivity index (χ1) is 9.72. The Bertz CT molecular complexity index is 646. The topological polar surface area (TPSA) is 47.3 Å². The summed E-state index contributed by atoms with van der Waals surface area (Å²) in [6, 6.07) is 11.3. The summed E-state index contributed by atoms with van der Waals surface area (Å²) in [4.78, 5) is 0. The first-order valence-corrected chi connectivity index (χ1v) is 7.12. The molecule has 1 unspecified atom stereocenters. The highest BCUT2D eigenvalue weighted by Crippen LogP contribution is 2.39. The van der Waals surface area contributed by atoms with Crippen LogP contribution in [-0.2, 0) is 6.42 Å². The third-order valence-corrected chi connectivity index (χ3v) is 4.35. The first-order valence-electron chi connectivity index (χ1n) is 6.37. The minimum atomic E-state index is -0.255. The van der Waals surface area contributed by atoms with Crippen molar-refractivity contribution >= 4 is 23.2 Å². The molecule has 3 nitrogen and oxygen atoms in total. The summed E-state index contributed by atoms with van der Waals surface area (Å²) in [5.74, 6) is 6.64. The average molecular weight is 309 g/mol. The van der Waals surface area contributed by atoms with E-state index in [1.807, 2.05) is 24.3 Å². The molecule has 5 heteroatoms. The lowest BCUT2D eigenvalue weighted by Crippen LogP contribution is -2.29. The van der Waals surface area contributed by atoms with Gasteiger partial charge in [-0.15, -0.1) is 0 Å². The van der Waals surface area contributed by atoms with Crippen molar-refractivity contribution < 1.29 is 4.74 Å². The number of fused-ring (bicyclic) bond motifs is 1. The second kappa shape index (κ2) is 5.62. The number of nitrogens with one attached hydrogen (secondary N) is 1. The second-order valence-corrected chi connectivity index (χ2v) is 5.46. The van der Waals surface area contributed by atoms with Crippen LogP contribution in [0.4, 0.5) is 0 Å². The third-order valence-electron chi connectivity index (χ3n) is 3.51. The number of ether oxygens (including phenoxy) is 1. The zero-order valence-electron chi connectivity index (χ0n) is 10.7. The summed E-state index contributed by atoms with van der Waals surface area (Å²) in [6.45, 7) is 0.701. The van der Waals surface area contributed by atoms with E-state index in [-0.39, 0.29) is 6.04 Å². The van der Waals surface area contributed by atoms with Crippen LogP contribution in [0, 0.1) is 0 Å². The molecule has 0 aliphatic carbocycles. The van der Waals surface area contributed by atoms with E-state index < -0.39 is 0 Å². The molecule has 0 radical (unpaired) electrons. The van der Waals surface area contributed by atoms with Crippen LogP contribution >= 0.6 is 23.2 Å². The van der Waals surface area contributed by atoms with E-state index in [0.717, 1.165) is 23.3 Å². The molecule has 0 aromatic heterocycles. The van der Waals surface area contributed by atoms with E-state index in [2.05, 4.69) is 11.5 Å². The molecule has 104 valence electrons. The standard InChI is InChI=1S/C15H14Cl2N2O/c16-12-6-2-4-10(13(12)17)14(19-18)11-5-1-3-9-7-8-20-15(9)11/h1-6,14,19H,7-8,18H2. The molecule has 0 amide bonds. The summed E-state index contributed by atoms with van der Waals surface area (Å²) in [6.07, 6.45) is 0.920. The Morgan fingerprint density at radius 3 is 2.65 bits per heavy atom. The smallest absolute Gasteiger partial charge is 0.127 e. The molecular weight excluding hydrogens is 295 g/mol. The molecule has 0 fully saturated rings. The Kier molecular flexibility index (Phi) is 3.85. The van der Waals surface area contributed by atoms with Crippen molar-refractivity contribution in [3.8, 4) is 5.75 Å². The van der Waals surface area contributed by atoms with Crippen LogP contribution in [0.5, 0.6) is 5.75 Å². The van der Waals surface area contributed by atoms with E-state index in [0.29, 0.717) is 16.7 Å². The van der Waals surface area contributed by atoms with Crippen LogP contribution in [0.3, 0.4) is 0 Å². The van der Waals surface area contributed by atoms with Gasteiger partial charge in [0.15, 0.2) is 0 Å². The van der Waals surface area contributed by atoms with Crippen LogP contribution in [0.1, 0.15) is 22.7 Å². The molecule has 1 atom stereocenters. The highest BCUT2D eigenvalue weighted by atomic mass is 35.5. The summed E-state index contributed by atoms with van der Waals surface area (Å²) in [5.41, 5.74) is 5.82. The van der Waals surface area contributed by atoms with Gasteiger partial charge < -0.3 is 4.74 Å². The molecule has 0 spiro atoms. The van der Waals surface area contributed by atoms with Crippen molar-refractivity contribution in [2.75, 3.05) is 6.61 Å². The van der Waals surface area contributed by atoms with Crippen LogP contribution in [0.25, 0.3) is 0 Å². The number of rotatable bonds is 3. The number of hydrogen-bond acceptors (Lipinski definition) is 3. The molecule has 0 saturated heterocycles. The molecule has 3 rings (SSSR count). The van der Waals surface area contributed by atoms with Gasteiger partial charge in [0.1, 0.15) is 5.75 Å². The summed E-state index contributed by atoms with van der Waals surface area (Å²) >= 11 is 12.4. The lowest BCUT2D eigenvalue weighted by molar-refractivity contribution is 0.350. The minimum absolute atomic E-state index is 0.255. The fourth-order valence-electron chi connectivity index (χ4n) is 2.56. The second-order valence-electron chi connectivity index (χ2n) is 4.68. The van der Waals surface area contributed by atoms with E-state index >= 15 is 0 Å². The largest absolute Gasteiger partial charge is 0.493 e.